The van der Waals surface area contributed by atoms with E-state index in [9.17, 15) is 13.5 Å². The Balaban J connectivity index is 2.21. The number of sulfonamides is 1. The van der Waals surface area contributed by atoms with Gasteiger partial charge in [-0.1, -0.05) is 26.0 Å². The molecular formula is C13H19NO3S. The van der Waals surface area contributed by atoms with E-state index in [0.29, 0.717) is 11.8 Å². The first-order valence-electron chi connectivity index (χ1n) is 6.22. The van der Waals surface area contributed by atoms with Gasteiger partial charge < -0.3 is 5.11 Å². The summed E-state index contributed by atoms with van der Waals surface area (Å²) in [6.45, 7) is 4.20. The van der Waals surface area contributed by atoms with Crippen molar-refractivity contribution >= 4 is 10.0 Å². The molecule has 0 aromatic heterocycles. The van der Waals surface area contributed by atoms with Crippen LogP contribution in [0.1, 0.15) is 26.7 Å². The number of benzene rings is 1. The zero-order valence-electron chi connectivity index (χ0n) is 10.6. The summed E-state index contributed by atoms with van der Waals surface area (Å²) in [5.74, 6) is 0.649. The van der Waals surface area contributed by atoms with E-state index in [-0.39, 0.29) is 16.7 Å². The maximum absolute atomic E-state index is 12.2. The van der Waals surface area contributed by atoms with Crippen LogP contribution in [0.4, 0.5) is 0 Å². The first-order chi connectivity index (χ1) is 8.42. The van der Waals surface area contributed by atoms with Crippen LogP contribution < -0.4 is 4.72 Å². The largest absolute Gasteiger partial charge is 0.507 e. The summed E-state index contributed by atoms with van der Waals surface area (Å²) in [5.41, 5.74) is 0. The second-order valence-electron chi connectivity index (χ2n) is 5.11. The molecule has 1 aliphatic rings. The van der Waals surface area contributed by atoms with Gasteiger partial charge in [0.25, 0.3) is 0 Å². The second-order valence-corrected chi connectivity index (χ2v) is 6.79. The van der Waals surface area contributed by atoms with Crippen LogP contribution in [-0.2, 0) is 10.0 Å². The van der Waals surface area contributed by atoms with Gasteiger partial charge in [0.15, 0.2) is 0 Å². The zero-order valence-corrected chi connectivity index (χ0v) is 11.4. The molecule has 5 heteroatoms. The van der Waals surface area contributed by atoms with Crippen molar-refractivity contribution in [3.63, 3.8) is 0 Å². The first kappa shape index (κ1) is 13.4. The van der Waals surface area contributed by atoms with Crippen LogP contribution in [0.25, 0.3) is 0 Å². The van der Waals surface area contributed by atoms with E-state index in [0.717, 1.165) is 12.8 Å². The standard InChI is InChI=1S/C13H19NO3S/c1-9-7-8-11(10(9)2)14-18(16,17)13-6-4-3-5-12(13)15/h3-6,9-11,14-15H,7-8H2,1-2H3. The zero-order chi connectivity index (χ0) is 13.3. The minimum Gasteiger partial charge on any atom is -0.507 e. The Bertz CT molecular complexity index is 527. The van der Waals surface area contributed by atoms with Crippen molar-refractivity contribution in [3.8, 4) is 5.75 Å². The van der Waals surface area contributed by atoms with E-state index < -0.39 is 10.0 Å². The fraction of sp³-hybridized carbons (Fsp3) is 0.538. The number of phenols is 1. The Hall–Kier alpha value is -1.07. The number of para-hydroxylation sites is 1. The molecule has 3 atom stereocenters. The molecule has 0 heterocycles. The van der Waals surface area contributed by atoms with Crippen LogP contribution in [0.5, 0.6) is 5.75 Å². The number of nitrogens with one attached hydrogen (secondary N) is 1. The number of aromatic hydroxyl groups is 1. The minimum absolute atomic E-state index is 0.0374. The Morgan fingerprint density at radius 2 is 1.89 bits per heavy atom. The Morgan fingerprint density at radius 3 is 2.44 bits per heavy atom. The maximum atomic E-state index is 12.2. The molecule has 0 spiro atoms. The van der Waals surface area contributed by atoms with E-state index in [1.54, 1.807) is 12.1 Å². The monoisotopic (exact) mass is 269 g/mol. The third-order valence-corrected chi connectivity index (χ3v) is 5.46. The Labute approximate surface area is 108 Å². The highest BCUT2D eigenvalue weighted by Gasteiger charge is 2.33. The molecular weight excluding hydrogens is 250 g/mol. The van der Waals surface area contributed by atoms with Gasteiger partial charge in [0.2, 0.25) is 10.0 Å². The van der Waals surface area contributed by atoms with Crippen molar-refractivity contribution in [2.45, 2.75) is 37.6 Å². The Morgan fingerprint density at radius 1 is 1.22 bits per heavy atom. The highest BCUT2D eigenvalue weighted by molar-refractivity contribution is 7.89. The Kier molecular flexibility index (Phi) is 3.64. The maximum Gasteiger partial charge on any atom is 0.244 e. The lowest BCUT2D eigenvalue weighted by Crippen LogP contribution is -2.37. The highest BCUT2D eigenvalue weighted by Crippen LogP contribution is 2.32. The first-order valence-corrected chi connectivity index (χ1v) is 7.70. The van der Waals surface area contributed by atoms with E-state index >= 15 is 0 Å². The molecule has 0 amide bonds. The van der Waals surface area contributed by atoms with E-state index in [1.165, 1.54) is 12.1 Å². The summed E-state index contributed by atoms with van der Waals surface area (Å²) < 4.78 is 27.1. The number of rotatable bonds is 3. The molecule has 100 valence electrons. The van der Waals surface area contributed by atoms with Crippen molar-refractivity contribution in [1.29, 1.82) is 0 Å². The van der Waals surface area contributed by atoms with Crippen molar-refractivity contribution in [2.24, 2.45) is 11.8 Å². The smallest absolute Gasteiger partial charge is 0.244 e. The molecule has 18 heavy (non-hydrogen) atoms. The lowest BCUT2D eigenvalue weighted by atomic mass is 9.98. The lowest BCUT2D eigenvalue weighted by Gasteiger charge is -2.19. The topological polar surface area (TPSA) is 66.4 Å². The van der Waals surface area contributed by atoms with Crippen LogP contribution in [0.3, 0.4) is 0 Å². The van der Waals surface area contributed by atoms with Gasteiger partial charge >= 0.3 is 0 Å². The van der Waals surface area contributed by atoms with Crippen LogP contribution >= 0.6 is 0 Å². The highest BCUT2D eigenvalue weighted by atomic mass is 32.2. The van der Waals surface area contributed by atoms with E-state index in [1.807, 2.05) is 0 Å². The predicted octanol–water partition coefficient (Wildman–Crippen LogP) is 2.11. The molecule has 1 saturated carbocycles. The summed E-state index contributed by atoms with van der Waals surface area (Å²) >= 11 is 0. The minimum atomic E-state index is -3.63. The fourth-order valence-corrected chi connectivity index (χ4v) is 3.94. The number of hydrogen-bond donors (Lipinski definition) is 2. The van der Waals surface area contributed by atoms with Gasteiger partial charge in [-0.15, -0.1) is 0 Å². The van der Waals surface area contributed by atoms with Gasteiger partial charge in [-0.3, -0.25) is 0 Å². The van der Waals surface area contributed by atoms with Crippen LogP contribution in [-0.4, -0.2) is 19.6 Å². The summed E-state index contributed by atoms with van der Waals surface area (Å²) in [7, 11) is -3.63. The third-order valence-electron chi connectivity index (χ3n) is 3.93. The van der Waals surface area contributed by atoms with Gasteiger partial charge in [0, 0.05) is 6.04 Å². The average Bonchev–Trinajstić information content (AvgIpc) is 2.61. The average molecular weight is 269 g/mol. The van der Waals surface area contributed by atoms with Crippen LogP contribution in [0.2, 0.25) is 0 Å². The van der Waals surface area contributed by atoms with Gasteiger partial charge in [-0.25, -0.2) is 13.1 Å². The third kappa shape index (κ3) is 2.52. The summed E-state index contributed by atoms with van der Waals surface area (Å²) in [4.78, 5) is -0.0447. The predicted molar refractivity (Wildman–Crippen MR) is 69.8 cm³/mol. The summed E-state index contributed by atoms with van der Waals surface area (Å²) in [5, 5.41) is 9.62. The fourth-order valence-electron chi connectivity index (χ4n) is 2.48. The van der Waals surface area contributed by atoms with Gasteiger partial charge in [-0.2, -0.15) is 0 Å². The summed E-state index contributed by atoms with van der Waals surface area (Å²) in [6.07, 6.45) is 1.89. The van der Waals surface area contributed by atoms with E-state index in [4.69, 9.17) is 0 Å². The van der Waals surface area contributed by atoms with Gasteiger partial charge in [0.05, 0.1) is 0 Å². The van der Waals surface area contributed by atoms with Crippen molar-refractivity contribution < 1.29 is 13.5 Å². The molecule has 0 bridgehead atoms. The van der Waals surface area contributed by atoms with Crippen molar-refractivity contribution in [3.05, 3.63) is 24.3 Å². The van der Waals surface area contributed by atoms with Crippen LogP contribution in [0, 0.1) is 11.8 Å². The molecule has 1 fully saturated rings. The SMILES string of the molecule is CC1CCC(NS(=O)(=O)c2ccccc2O)C1C. The van der Waals surface area contributed by atoms with Gasteiger partial charge in [0.1, 0.15) is 10.6 Å². The molecule has 4 nitrogen and oxygen atoms in total. The molecule has 3 unspecified atom stereocenters. The molecule has 0 saturated heterocycles. The lowest BCUT2D eigenvalue weighted by molar-refractivity contribution is 0.401. The molecule has 2 N–H and O–H groups in total. The second kappa shape index (κ2) is 4.90. The molecule has 0 radical (unpaired) electrons. The normalized spacial score (nSPS) is 28.4. The molecule has 1 aromatic rings. The van der Waals surface area contributed by atoms with E-state index in [2.05, 4.69) is 18.6 Å². The summed E-state index contributed by atoms with van der Waals surface area (Å²) in [6, 6.07) is 5.98. The molecule has 1 aliphatic carbocycles. The quantitative estimate of drug-likeness (QED) is 0.883. The molecule has 0 aliphatic heterocycles. The molecule has 2 rings (SSSR count). The van der Waals surface area contributed by atoms with Gasteiger partial charge in [-0.05, 0) is 36.8 Å². The number of hydrogen-bond acceptors (Lipinski definition) is 3. The molecule has 1 aromatic carbocycles. The number of phenolic OH excluding ortho intramolecular Hbond substituents is 1. The van der Waals surface area contributed by atoms with Crippen molar-refractivity contribution in [2.75, 3.05) is 0 Å². The van der Waals surface area contributed by atoms with Crippen molar-refractivity contribution in [1.82, 2.24) is 4.72 Å². The van der Waals surface area contributed by atoms with Crippen LogP contribution in [0.15, 0.2) is 29.2 Å².